The average molecular weight is 460 g/mol. The van der Waals surface area contributed by atoms with E-state index < -0.39 is 28.5 Å². The van der Waals surface area contributed by atoms with Crippen molar-refractivity contribution < 1.29 is 19.0 Å². The molecule has 1 aromatic heterocycles. The van der Waals surface area contributed by atoms with Crippen LogP contribution in [0.1, 0.15) is 42.2 Å². The van der Waals surface area contributed by atoms with Gasteiger partial charge in [-0.15, -0.1) is 0 Å². The summed E-state index contributed by atoms with van der Waals surface area (Å²) in [5, 5.41) is 13.0. The number of hydrogen-bond donors (Lipinski definition) is 3. The molecule has 9 heteroatoms. The summed E-state index contributed by atoms with van der Waals surface area (Å²) in [6, 6.07) is 7.12. The number of ether oxygens (including phenoxy) is 1. The summed E-state index contributed by atoms with van der Waals surface area (Å²) in [6.07, 6.45) is 2.71. The van der Waals surface area contributed by atoms with Crippen LogP contribution >= 0.6 is 11.6 Å². The second kappa shape index (κ2) is 8.35. The molecule has 3 aromatic rings. The van der Waals surface area contributed by atoms with Crippen molar-refractivity contribution in [3.05, 3.63) is 62.7 Å². The van der Waals surface area contributed by atoms with Gasteiger partial charge in [0.25, 0.3) is 0 Å². The van der Waals surface area contributed by atoms with Gasteiger partial charge in [0.15, 0.2) is 11.6 Å². The van der Waals surface area contributed by atoms with Crippen LogP contribution in [0.4, 0.5) is 15.8 Å². The van der Waals surface area contributed by atoms with Crippen molar-refractivity contribution in [3.63, 3.8) is 0 Å². The summed E-state index contributed by atoms with van der Waals surface area (Å²) in [5.41, 5.74) is 5.80. The molecule has 1 unspecified atom stereocenters. The van der Waals surface area contributed by atoms with Gasteiger partial charge in [-0.25, -0.2) is 9.18 Å². The number of nitrogens with one attached hydrogen (secondary N) is 1. The molecule has 1 aliphatic rings. The molecule has 2 aromatic carbocycles. The Kier molecular flexibility index (Phi) is 5.73. The SMILES string of the molecule is CC(CCc1ccc(Cl)cc1)Nc1c(F)c(N)c2c(=O)c(C(=O)O)cn3c2c1OC[C@@H]3C. The van der Waals surface area contributed by atoms with Gasteiger partial charge >= 0.3 is 5.97 Å². The van der Waals surface area contributed by atoms with Crippen LogP contribution in [0, 0.1) is 5.82 Å². The molecule has 1 aliphatic heterocycles. The number of nitrogens with two attached hydrogens (primary N) is 1. The maximum absolute atomic E-state index is 15.3. The van der Waals surface area contributed by atoms with E-state index in [2.05, 4.69) is 5.32 Å². The molecule has 0 radical (unpaired) electrons. The fourth-order valence-electron chi connectivity index (χ4n) is 3.98. The lowest BCUT2D eigenvalue weighted by molar-refractivity contribution is 0.0694. The van der Waals surface area contributed by atoms with Crippen molar-refractivity contribution in [2.75, 3.05) is 17.7 Å². The van der Waals surface area contributed by atoms with Gasteiger partial charge in [-0.05, 0) is 44.4 Å². The largest absolute Gasteiger partial charge is 0.487 e. The maximum atomic E-state index is 15.3. The van der Waals surface area contributed by atoms with Gasteiger partial charge in [0, 0.05) is 17.3 Å². The van der Waals surface area contributed by atoms with Crippen molar-refractivity contribution in [1.29, 1.82) is 0 Å². The first-order chi connectivity index (χ1) is 15.2. The molecule has 32 heavy (non-hydrogen) atoms. The number of nitrogens with zero attached hydrogens (tertiary/aromatic N) is 1. The van der Waals surface area contributed by atoms with Crippen LogP contribution in [0.25, 0.3) is 10.9 Å². The number of hydrogen-bond acceptors (Lipinski definition) is 5. The Morgan fingerprint density at radius 1 is 1.41 bits per heavy atom. The summed E-state index contributed by atoms with van der Waals surface area (Å²) >= 11 is 5.93. The van der Waals surface area contributed by atoms with E-state index in [-0.39, 0.29) is 35.5 Å². The van der Waals surface area contributed by atoms with E-state index >= 15 is 4.39 Å². The standard InChI is InChI=1S/C23H23ClFN3O4/c1-11(3-4-13-5-7-14(24)8-6-13)27-19-17(25)18(26)16-20-22(19)32-10-12(2)28(20)9-15(21(16)29)23(30)31/h5-9,11-12,27H,3-4,10,26H2,1-2H3,(H,30,31)/t11?,12-/m0/s1. The first-order valence-electron chi connectivity index (χ1n) is 10.3. The highest BCUT2D eigenvalue weighted by Crippen LogP contribution is 2.43. The number of rotatable bonds is 6. The summed E-state index contributed by atoms with van der Waals surface area (Å²) in [5.74, 6) is -2.05. The topological polar surface area (TPSA) is 107 Å². The van der Waals surface area contributed by atoms with Gasteiger partial charge in [-0.3, -0.25) is 4.79 Å². The van der Waals surface area contributed by atoms with Gasteiger partial charge in [0.05, 0.1) is 22.6 Å². The molecule has 0 saturated carbocycles. The molecule has 0 amide bonds. The quantitative estimate of drug-likeness (QED) is 0.470. The third-order valence-electron chi connectivity index (χ3n) is 5.75. The van der Waals surface area contributed by atoms with E-state index in [1.807, 2.05) is 38.1 Å². The maximum Gasteiger partial charge on any atom is 0.341 e. The van der Waals surface area contributed by atoms with Crippen LogP contribution < -0.4 is 21.2 Å². The minimum Gasteiger partial charge on any atom is -0.487 e. The Balaban J connectivity index is 1.75. The third-order valence-corrected chi connectivity index (χ3v) is 6.00. The van der Waals surface area contributed by atoms with Crippen LogP contribution in [-0.4, -0.2) is 28.3 Å². The summed E-state index contributed by atoms with van der Waals surface area (Å²) < 4.78 is 22.8. The first-order valence-corrected chi connectivity index (χ1v) is 10.6. The van der Waals surface area contributed by atoms with E-state index in [0.29, 0.717) is 17.0 Å². The second-order valence-corrected chi connectivity index (χ2v) is 8.55. The third kappa shape index (κ3) is 3.75. The monoisotopic (exact) mass is 459 g/mol. The van der Waals surface area contributed by atoms with Gasteiger partial charge in [-0.2, -0.15) is 0 Å². The number of carbonyl (C=O) groups is 1. The number of carboxylic acid groups (broad SMARTS) is 1. The fraction of sp³-hybridized carbons (Fsp3) is 0.304. The fourth-order valence-corrected chi connectivity index (χ4v) is 4.11. The van der Waals surface area contributed by atoms with Crippen LogP contribution in [0.15, 0.2) is 35.3 Å². The number of carboxylic acids is 1. The zero-order valence-electron chi connectivity index (χ0n) is 17.6. The Morgan fingerprint density at radius 3 is 2.75 bits per heavy atom. The van der Waals surface area contributed by atoms with Crippen LogP contribution in [0.5, 0.6) is 5.75 Å². The Labute approximate surface area is 188 Å². The Bertz CT molecular complexity index is 1270. The number of pyridine rings is 1. The number of aromatic nitrogens is 1. The number of anilines is 2. The van der Waals surface area contributed by atoms with Gasteiger partial charge in [-0.1, -0.05) is 23.7 Å². The van der Waals surface area contributed by atoms with Gasteiger partial charge in [0.2, 0.25) is 5.43 Å². The lowest BCUT2D eigenvalue weighted by Crippen LogP contribution is -2.29. The predicted molar refractivity (Wildman–Crippen MR) is 123 cm³/mol. The highest BCUT2D eigenvalue weighted by atomic mass is 35.5. The molecule has 0 fully saturated rings. The molecule has 4 rings (SSSR count). The molecule has 7 nitrogen and oxygen atoms in total. The van der Waals surface area contributed by atoms with E-state index in [9.17, 15) is 14.7 Å². The lowest BCUT2D eigenvalue weighted by Gasteiger charge is -2.30. The molecule has 0 aliphatic carbocycles. The molecule has 2 heterocycles. The Hall–Kier alpha value is -3.26. The number of benzene rings is 2. The summed E-state index contributed by atoms with van der Waals surface area (Å²) in [6.45, 7) is 3.93. The van der Waals surface area contributed by atoms with Crippen molar-refractivity contribution in [2.24, 2.45) is 0 Å². The van der Waals surface area contributed by atoms with Crippen LogP contribution in [0.2, 0.25) is 5.02 Å². The van der Waals surface area contributed by atoms with E-state index in [0.717, 1.165) is 12.0 Å². The van der Waals surface area contributed by atoms with Crippen molar-refractivity contribution in [2.45, 2.75) is 38.8 Å². The normalized spacial score (nSPS) is 15.9. The molecule has 2 atom stereocenters. The molecular weight excluding hydrogens is 437 g/mol. The number of aromatic carboxylic acids is 1. The first kappa shape index (κ1) is 22.0. The number of halogens is 2. The van der Waals surface area contributed by atoms with E-state index in [1.54, 1.807) is 4.57 Å². The number of nitrogen functional groups attached to an aromatic ring is 1. The smallest absolute Gasteiger partial charge is 0.341 e. The molecule has 0 spiro atoms. The summed E-state index contributed by atoms with van der Waals surface area (Å²) in [4.78, 5) is 24.3. The van der Waals surface area contributed by atoms with Crippen LogP contribution in [0.3, 0.4) is 0 Å². The van der Waals surface area contributed by atoms with Crippen molar-refractivity contribution >= 4 is 39.8 Å². The molecule has 0 bridgehead atoms. The highest BCUT2D eigenvalue weighted by molar-refractivity contribution is 6.30. The molecule has 168 valence electrons. The Morgan fingerprint density at radius 2 is 2.09 bits per heavy atom. The predicted octanol–water partition coefficient (Wildman–Crippen LogP) is 4.46. The average Bonchev–Trinajstić information content (AvgIpc) is 2.75. The van der Waals surface area contributed by atoms with Crippen LogP contribution in [-0.2, 0) is 6.42 Å². The minimum absolute atomic E-state index is 0.0710. The van der Waals surface area contributed by atoms with E-state index in [1.165, 1.54) is 6.20 Å². The lowest BCUT2D eigenvalue weighted by atomic mass is 10.0. The molecule has 4 N–H and O–H groups in total. The number of aryl methyl sites for hydroxylation is 1. The van der Waals surface area contributed by atoms with E-state index in [4.69, 9.17) is 22.1 Å². The van der Waals surface area contributed by atoms with Crippen molar-refractivity contribution in [3.8, 4) is 5.75 Å². The summed E-state index contributed by atoms with van der Waals surface area (Å²) in [7, 11) is 0. The zero-order chi connectivity index (χ0) is 23.2. The second-order valence-electron chi connectivity index (χ2n) is 8.11. The van der Waals surface area contributed by atoms with Crippen molar-refractivity contribution in [1.82, 2.24) is 4.57 Å². The zero-order valence-corrected chi connectivity index (χ0v) is 18.4. The molecule has 0 saturated heterocycles. The van der Waals surface area contributed by atoms with Gasteiger partial charge < -0.3 is 25.5 Å². The molecular formula is C23H23ClFN3O4. The minimum atomic E-state index is -1.39. The van der Waals surface area contributed by atoms with Gasteiger partial charge in [0.1, 0.15) is 17.9 Å². The highest BCUT2D eigenvalue weighted by Gasteiger charge is 2.31.